The van der Waals surface area contributed by atoms with Gasteiger partial charge in [-0.2, -0.15) is 0 Å². The van der Waals surface area contributed by atoms with Crippen LogP contribution in [-0.4, -0.2) is 36.4 Å². The standard InChI is InChI=1S/C18H37NO3/c1-8-9-13-19-14-11-10-12-15(21-17(2,3)4)16(20)22-18(5,6)7/h15,19H,8-14H2,1-7H3. The number of nitrogens with one attached hydrogen (secondary N) is 1. The lowest BCUT2D eigenvalue weighted by Crippen LogP contribution is -2.38. The molecule has 4 heteroatoms. The smallest absolute Gasteiger partial charge is 0.335 e. The molecule has 0 aliphatic rings. The summed E-state index contributed by atoms with van der Waals surface area (Å²) in [4.78, 5) is 12.3. The molecule has 0 aromatic carbocycles. The highest BCUT2D eigenvalue weighted by Gasteiger charge is 2.29. The van der Waals surface area contributed by atoms with Crippen molar-refractivity contribution in [2.75, 3.05) is 13.1 Å². The monoisotopic (exact) mass is 315 g/mol. The summed E-state index contributed by atoms with van der Waals surface area (Å²) in [5.41, 5.74) is -0.820. The van der Waals surface area contributed by atoms with Gasteiger partial charge in [-0.25, -0.2) is 4.79 Å². The first kappa shape index (κ1) is 21.4. The lowest BCUT2D eigenvalue weighted by Gasteiger charge is -2.29. The summed E-state index contributed by atoms with van der Waals surface area (Å²) in [6.07, 6.45) is 4.67. The number of hydrogen-bond donors (Lipinski definition) is 1. The fraction of sp³-hybridized carbons (Fsp3) is 0.944. The van der Waals surface area contributed by atoms with Crippen LogP contribution in [0.15, 0.2) is 0 Å². The molecule has 1 unspecified atom stereocenters. The molecule has 0 heterocycles. The number of ether oxygens (including phenoxy) is 2. The molecule has 0 spiro atoms. The van der Waals surface area contributed by atoms with Crippen LogP contribution in [0.3, 0.4) is 0 Å². The Balaban J connectivity index is 4.23. The Hall–Kier alpha value is -0.610. The van der Waals surface area contributed by atoms with Crippen LogP contribution < -0.4 is 5.32 Å². The van der Waals surface area contributed by atoms with E-state index < -0.39 is 11.7 Å². The highest BCUT2D eigenvalue weighted by atomic mass is 16.6. The molecule has 22 heavy (non-hydrogen) atoms. The van der Waals surface area contributed by atoms with Crippen molar-refractivity contribution in [3.05, 3.63) is 0 Å². The SMILES string of the molecule is CCCCNCCCCC(OC(C)(C)C)C(=O)OC(C)(C)C. The maximum Gasteiger partial charge on any atom is 0.335 e. The maximum absolute atomic E-state index is 12.3. The highest BCUT2D eigenvalue weighted by Crippen LogP contribution is 2.19. The summed E-state index contributed by atoms with van der Waals surface area (Å²) >= 11 is 0. The van der Waals surface area contributed by atoms with Crippen LogP contribution >= 0.6 is 0 Å². The summed E-state index contributed by atoms with van der Waals surface area (Å²) in [6.45, 7) is 15.8. The van der Waals surface area contributed by atoms with Gasteiger partial charge >= 0.3 is 5.97 Å². The summed E-state index contributed by atoms with van der Waals surface area (Å²) < 4.78 is 11.4. The predicted molar refractivity (Wildman–Crippen MR) is 92.1 cm³/mol. The van der Waals surface area contributed by atoms with E-state index in [1.165, 1.54) is 12.8 Å². The normalized spacial score (nSPS) is 14.0. The van der Waals surface area contributed by atoms with Gasteiger partial charge in [0.2, 0.25) is 0 Å². The molecule has 0 bridgehead atoms. The quantitative estimate of drug-likeness (QED) is 0.487. The van der Waals surface area contributed by atoms with Crippen molar-refractivity contribution in [2.45, 2.75) is 97.9 Å². The molecule has 132 valence electrons. The molecule has 0 aromatic heterocycles. The molecular formula is C18H37NO3. The Morgan fingerprint density at radius 3 is 2.05 bits per heavy atom. The summed E-state index contributed by atoms with van der Waals surface area (Å²) in [6, 6.07) is 0. The van der Waals surface area contributed by atoms with E-state index in [9.17, 15) is 4.79 Å². The molecule has 1 N–H and O–H groups in total. The van der Waals surface area contributed by atoms with E-state index in [1.54, 1.807) is 0 Å². The van der Waals surface area contributed by atoms with Gasteiger partial charge in [-0.05, 0) is 80.3 Å². The minimum absolute atomic E-state index is 0.249. The summed E-state index contributed by atoms with van der Waals surface area (Å²) in [7, 11) is 0. The van der Waals surface area contributed by atoms with Crippen molar-refractivity contribution in [2.24, 2.45) is 0 Å². The minimum atomic E-state index is -0.477. The number of carbonyl (C=O) groups excluding carboxylic acids is 1. The molecular weight excluding hydrogens is 278 g/mol. The van der Waals surface area contributed by atoms with E-state index in [0.29, 0.717) is 6.42 Å². The Morgan fingerprint density at radius 2 is 1.55 bits per heavy atom. The molecule has 0 saturated carbocycles. The lowest BCUT2D eigenvalue weighted by molar-refractivity contribution is -0.178. The second kappa shape index (κ2) is 10.2. The van der Waals surface area contributed by atoms with Gasteiger partial charge in [0.25, 0.3) is 0 Å². The molecule has 0 aliphatic carbocycles. The average molecular weight is 315 g/mol. The summed E-state index contributed by atoms with van der Waals surface area (Å²) in [5.74, 6) is -0.249. The highest BCUT2D eigenvalue weighted by molar-refractivity contribution is 5.75. The zero-order valence-electron chi connectivity index (χ0n) is 15.8. The van der Waals surface area contributed by atoms with Gasteiger partial charge in [0, 0.05) is 0 Å². The van der Waals surface area contributed by atoms with E-state index in [0.717, 1.165) is 25.9 Å². The van der Waals surface area contributed by atoms with Crippen molar-refractivity contribution in [3.63, 3.8) is 0 Å². The molecule has 1 atom stereocenters. The number of carbonyl (C=O) groups is 1. The minimum Gasteiger partial charge on any atom is -0.458 e. The average Bonchev–Trinajstić information content (AvgIpc) is 2.32. The van der Waals surface area contributed by atoms with Gasteiger partial charge < -0.3 is 14.8 Å². The largest absolute Gasteiger partial charge is 0.458 e. The molecule has 0 rings (SSSR count). The van der Waals surface area contributed by atoms with Gasteiger partial charge in [0.1, 0.15) is 5.60 Å². The Kier molecular flexibility index (Phi) is 9.94. The van der Waals surface area contributed by atoms with E-state index in [-0.39, 0.29) is 11.6 Å². The van der Waals surface area contributed by atoms with E-state index in [1.807, 2.05) is 41.5 Å². The topological polar surface area (TPSA) is 47.6 Å². The molecule has 0 aliphatic heterocycles. The van der Waals surface area contributed by atoms with Crippen LogP contribution in [0.25, 0.3) is 0 Å². The fourth-order valence-corrected chi connectivity index (χ4v) is 2.03. The fourth-order valence-electron chi connectivity index (χ4n) is 2.03. The van der Waals surface area contributed by atoms with Gasteiger partial charge in [0.15, 0.2) is 6.10 Å². The van der Waals surface area contributed by atoms with Crippen molar-refractivity contribution in [1.82, 2.24) is 5.32 Å². The molecule has 0 aromatic rings. The number of unbranched alkanes of at least 4 members (excludes halogenated alkanes) is 2. The van der Waals surface area contributed by atoms with Gasteiger partial charge in [-0.3, -0.25) is 0 Å². The van der Waals surface area contributed by atoms with Crippen molar-refractivity contribution < 1.29 is 14.3 Å². The first-order valence-corrected chi connectivity index (χ1v) is 8.66. The van der Waals surface area contributed by atoms with Crippen molar-refractivity contribution in [1.29, 1.82) is 0 Å². The Morgan fingerprint density at radius 1 is 0.955 bits per heavy atom. The van der Waals surface area contributed by atoms with E-state index in [4.69, 9.17) is 9.47 Å². The van der Waals surface area contributed by atoms with Crippen molar-refractivity contribution >= 4 is 5.97 Å². The Labute approximate surface area is 137 Å². The third-order valence-corrected chi connectivity index (χ3v) is 2.94. The number of hydrogen-bond acceptors (Lipinski definition) is 4. The lowest BCUT2D eigenvalue weighted by atomic mass is 10.1. The summed E-state index contributed by atoms with van der Waals surface area (Å²) in [5, 5.41) is 3.42. The zero-order valence-corrected chi connectivity index (χ0v) is 15.8. The van der Waals surface area contributed by atoms with Crippen molar-refractivity contribution in [3.8, 4) is 0 Å². The number of esters is 1. The van der Waals surface area contributed by atoms with Crippen LogP contribution in [-0.2, 0) is 14.3 Å². The second-order valence-corrected chi connectivity index (χ2v) is 7.85. The molecule has 0 fully saturated rings. The first-order chi connectivity index (χ1) is 10.0. The molecule has 0 saturated heterocycles. The second-order valence-electron chi connectivity index (χ2n) is 7.85. The van der Waals surface area contributed by atoms with Crippen LogP contribution in [0.2, 0.25) is 0 Å². The third-order valence-electron chi connectivity index (χ3n) is 2.94. The van der Waals surface area contributed by atoms with Gasteiger partial charge in [0.05, 0.1) is 5.60 Å². The van der Waals surface area contributed by atoms with Crippen LogP contribution in [0.4, 0.5) is 0 Å². The number of rotatable bonds is 10. The predicted octanol–water partition coefficient (Wildman–Crippen LogP) is 4.07. The molecule has 4 nitrogen and oxygen atoms in total. The van der Waals surface area contributed by atoms with Crippen LogP contribution in [0.1, 0.15) is 80.6 Å². The maximum atomic E-state index is 12.3. The van der Waals surface area contributed by atoms with Crippen LogP contribution in [0.5, 0.6) is 0 Å². The third kappa shape index (κ3) is 13.1. The Bertz CT molecular complexity index is 302. The van der Waals surface area contributed by atoms with Gasteiger partial charge in [-0.1, -0.05) is 13.3 Å². The van der Waals surface area contributed by atoms with E-state index >= 15 is 0 Å². The van der Waals surface area contributed by atoms with Crippen LogP contribution in [0, 0.1) is 0 Å². The molecule has 0 amide bonds. The van der Waals surface area contributed by atoms with Gasteiger partial charge in [-0.15, -0.1) is 0 Å². The first-order valence-electron chi connectivity index (χ1n) is 8.66. The zero-order chi connectivity index (χ0) is 17.2. The van der Waals surface area contributed by atoms with E-state index in [2.05, 4.69) is 12.2 Å². The molecule has 0 radical (unpaired) electrons.